The van der Waals surface area contributed by atoms with Crippen molar-refractivity contribution in [2.45, 2.75) is 52.1 Å². The number of benzene rings is 1. The molecule has 1 aromatic carbocycles. The maximum Gasteiger partial charge on any atom is 0.314 e. The van der Waals surface area contributed by atoms with E-state index < -0.39 is 11.8 Å². The minimum Gasteiger partial charge on any atom is -0.495 e. The SMILES string of the molecule is COc1ccc(NC(C)=O)cc1NC(=O)C(=O)N1C(C)CCCC1C. The van der Waals surface area contributed by atoms with E-state index in [1.807, 2.05) is 13.8 Å². The molecule has 0 spiro atoms. The normalized spacial score (nSPS) is 19.9. The Balaban J connectivity index is 2.18. The van der Waals surface area contributed by atoms with Crippen LogP contribution < -0.4 is 15.4 Å². The van der Waals surface area contributed by atoms with E-state index in [1.54, 1.807) is 23.1 Å². The van der Waals surface area contributed by atoms with Crippen LogP contribution in [0.5, 0.6) is 5.75 Å². The van der Waals surface area contributed by atoms with Gasteiger partial charge in [0.15, 0.2) is 0 Å². The standard InChI is InChI=1S/C18H25N3O4/c1-11-6-5-7-12(2)21(11)18(24)17(23)20-15-10-14(19-13(3)22)8-9-16(15)25-4/h8-12H,5-7H2,1-4H3,(H,19,22)(H,20,23). The Hall–Kier alpha value is -2.57. The summed E-state index contributed by atoms with van der Waals surface area (Å²) in [6.45, 7) is 5.31. The van der Waals surface area contributed by atoms with E-state index in [4.69, 9.17) is 4.74 Å². The Kier molecular flexibility index (Phi) is 6.01. The number of hydrogen-bond acceptors (Lipinski definition) is 4. The van der Waals surface area contributed by atoms with Crippen LogP contribution in [-0.2, 0) is 14.4 Å². The summed E-state index contributed by atoms with van der Waals surface area (Å²) in [5, 5.41) is 5.24. The topological polar surface area (TPSA) is 87.7 Å². The number of likely N-dealkylation sites (tertiary alicyclic amines) is 1. The van der Waals surface area contributed by atoms with Gasteiger partial charge < -0.3 is 20.3 Å². The fourth-order valence-corrected chi connectivity index (χ4v) is 3.20. The van der Waals surface area contributed by atoms with Gasteiger partial charge in [-0.25, -0.2) is 0 Å². The number of piperidine rings is 1. The number of amides is 3. The molecule has 7 heteroatoms. The number of carbonyl (C=O) groups excluding carboxylic acids is 3. The summed E-state index contributed by atoms with van der Waals surface area (Å²) >= 11 is 0. The Bertz CT molecular complexity index is 664. The molecule has 0 radical (unpaired) electrons. The van der Waals surface area contributed by atoms with E-state index in [0.717, 1.165) is 19.3 Å². The lowest BCUT2D eigenvalue weighted by Gasteiger charge is -2.38. The maximum atomic E-state index is 12.6. The number of nitrogens with one attached hydrogen (secondary N) is 2. The molecule has 1 heterocycles. The van der Waals surface area contributed by atoms with Crippen LogP contribution in [0, 0.1) is 0 Å². The summed E-state index contributed by atoms with van der Waals surface area (Å²) in [5.74, 6) is -1.07. The number of nitrogens with zero attached hydrogens (tertiary/aromatic N) is 1. The van der Waals surface area contributed by atoms with Gasteiger partial charge in [0, 0.05) is 24.7 Å². The fraction of sp³-hybridized carbons (Fsp3) is 0.500. The Morgan fingerprint density at radius 2 is 1.76 bits per heavy atom. The first-order chi connectivity index (χ1) is 11.8. The molecule has 136 valence electrons. The van der Waals surface area contributed by atoms with Crippen molar-refractivity contribution in [1.82, 2.24) is 4.90 Å². The third-order valence-electron chi connectivity index (χ3n) is 4.39. The predicted molar refractivity (Wildman–Crippen MR) is 95.5 cm³/mol. The first kappa shape index (κ1) is 18.8. The minimum absolute atomic E-state index is 0.0367. The van der Waals surface area contributed by atoms with Gasteiger partial charge in [-0.15, -0.1) is 0 Å². The van der Waals surface area contributed by atoms with Crippen molar-refractivity contribution in [2.75, 3.05) is 17.7 Å². The lowest BCUT2D eigenvalue weighted by molar-refractivity contribution is -0.147. The molecule has 1 aliphatic rings. The van der Waals surface area contributed by atoms with Gasteiger partial charge in [-0.05, 0) is 51.3 Å². The van der Waals surface area contributed by atoms with Gasteiger partial charge in [-0.1, -0.05) is 0 Å². The van der Waals surface area contributed by atoms with Crippen molar-refractivity contribution >= 4 is 29.1 Å². The van der Waals surface area contributed by atoms with E-state index >= 15 is 0 Å². The molecule has 3 amide bonds. The van der Waals surface area contributed by atoms with Crippen molar-refractivity contribution < 1.29 is 19.1 Å². The molecule has 0 aliphatic carbocycles. The molecule has 1 saturated heterocycles. The van der Waals surface area contributed by atoms with Crippen LogP contribution in [0.3, 0.4) is 0 Å². The second-order valence-electron chi connectivity index (χ2n) is 6.39. The van der Waals surface area contributed by atoms with E-state index in [2.05, 4.69) is 10.6 Å². The van der Waals surface area contributed by atoms with E-state index in [1.165, 1.54) is 14.0 Å². The van der Waals surface area contributed by atoms with Gasteiger partial charge in [-0.2, -0.15) is 0 Å². The number of anilines is 2. The van der Waals surface area contributed by atoms with Gasteiger partial charge in [0.2, 0.25) is 5.91 Å². The molecule has 2 N–H and O–H groups in total. The summed E-state index contributed by atoms with van der Waals surface area (Å²) in [6, 6.07) is 4.92. The summed E-state index contributed by atoms with van der Waals surface area (Å²) in [7, 11) is 1.47. The zero-order chi connectivity index (χ0) is 18.6. The number of ether oxygens (including phenoxy) is 1. The average Bonchev–Trinajstić information content (AvgIpc) is 2.54. The molecular formula is C18H25N3O4. The monoisotopic (exact) mass is 347 g/mol. The minimum atomic E-state index is -0.709. The highest BCUT2D eigenvalue weighted by atomic mass is 16.5. The average molecular weight is 347 g/mol. The molecule has 1 aromatic rings. The van der Waals surface area contributed by atoms with Crippen LogP contribution in [-0.4, -0.2) is 41.8 Å². The second-order valence-corrected chi connectivity index (χ2v) is 6.39. The van der Waals surface area contributed by atoms with Gasteiger partial charge in [0.1, 0.15) is 5.75 Å². The smallest absolute Gasteiger partial charge is 0.314 e. The van der Waals surface area contributed by atoms with E-state index in [0.29, 0.717) is 17.1 Å². The Morgan fingerprint density at radius 1 is 1.12 bits per heavy atom. The van der Waals surface area contributed by atoms with Crippen molar-refractivity contribution in [3.63, 3.8) is 0 Å². The van der Waals surface area contributed by atoms with Crippen LogP contribution in [0.4, 0.5) is 11.4 Å². The highest BCUT2D eigenvalue weighted by Gasteiger charge is 2.33. The summed E-state index contributed by atoms with van der Waals surface area (Å²) < 4.78 is 5.22. The summed E-state index contributed by atoms with van der Waals surface area (Å²) in [5.41, 5.74) is 0.847. The van der Waals surface area contributed by atoms with Crippen molar-refractivity contribution in [3.05, 3.63) is 18.2 Å². The largest absolute Gasteiger partial charge is 0.495 e. The predicted octanol–water partition coefficient (Wildman–Crippen LogP) is 2.38. The lowest BCUT2D eigenvalue weighted by atomic mass is 9.97. The third kappa shape index (κ3) is 4.49. The number of rotatable bonds is 3. The second kappa shape index (κ2) is 8.00. The van der Waals surface area contributed by atoms with Gasteiger partial charge in [-0.3, -0.25) is 14.4 Å². The maximum absolute atomic E-state index is 12.6. The third-order valence-corrected chi connectivity index (χ3v) is 4.39. The van der Waals surface area contributed by atoms with E-state index in [9.17, 15) is 14.4 Å². The number of hydrogen-bond donors (Lipinski definition) is 2. The van der Waals surface area contributed by atoms with Gasteiger partial charge >= 0.3 is 11.8 Å². The van der Waals surface area contributed by atoms with Crippen molar-refractivity contribution in [1.29, 1.82) is 0 Å². The number of methoxy groups -OCH3 is 1. The van der Waals surface area contributed by atoms with Crippen molar-refractivity contribution in [3.8, 4) is 5.75 Å². The van der Waals surface area contributed by atoms with Crippen LogP contribution in [0.25, 0.3) is 0 Å². The highest BCUT2D eigenvalue weighted by molar-refractivity contribution is 6.39. The molecule has 25 heavy (non-hydrogen) atoms. The zero-order valence-electron chi connectivity index (χ0n) is 15.1. The van der Waals surface area contributed by atoms with Crippen LogP contribution in [0.2, 0.25) is 0 Å². The fourth-order valence-electron chi connectivity index (χ4n) is 3.20. The molecule has 1 aliphatic heterocycles. The van der Waals surface area contributed by atoms with Gasteiger partial charge in [0.25, 0.3) is 0 Å². The van der Waals surface area contributed by atoms with Crippen LogP contribution >= 0.6 is 0 Å². The quantitative estimate of drug-likeness (QED) is 0.822. The highest BCUT2D eigenvalue weighted by Crippen LogP contribution is 2.28. The lowest BCUT2D eigenvalue weighted by Crippen LogP contribution is -2.51. The molecule has 7 nitrogen and oxygen atoms in total. The first-order valence-electron chi connectivity index (χ1n) is 8.42. The molecule has 2 unspecified atom stereocenters. The molecule has 0 bridgehead atoms. The molecule has 1 fully saturated rings. The molecule has 0 saturated carbocycles. The first-order valence-corrected chi connectivity index (χ1v) is 8.42. The summed E-state index contributed by atoms with van der Waals surface area (Å²) in [4.78, 5) is 37.9. The molecular weight excluding hydrogens is 322 g/mol. The zero-order valence-corrected chi connectivity index (χ0v) is 15.1. The summed E-state index contributed by atoms with van der Waals surface area (Å²) in [6.07, 6.45) is 2.84. The molecule has 0 aromatic heterocycles. The van der Waals surface area contributed by atoms with E-state index in [-0.39, 0.29) is 18.0 Å². The number of carbonyl (C=O) groups is 3. The Labute approximate surface area is 147 Å². The Morgan fingerprint density at radius 3 is 2.32 bits per heavy atom. The van der Waals surface area contributed by atoms with Crippen LogP contribution in [0.1, 0.15) is 40.0 Å². The molecule has 2 atom stereocenters. The molecule has 2 rings (SSSR count). The van der Waals surface area contributed by atoms with Crippen molar-refractivity contribution in [2.24, 2.45) is 0 Å². The van der Waals surface area contributed by atoms with Gasteiger partial charge in [0.05, 0.1) is 12.8 Å². The van der Waals surface area contributed by atoms with Crippen LogP contribution in [0.15, 0.2) is 18.2 Å².